The summed E-state index contributed by atoms with van der Waals surface area (Å²) in [5.41, 5.74) is -0.129. The molecule has 4 rings (SSSR count). The highest BCUT2D eigenvalue weighted by molar-refractivity contribution is 6.36. The van der Waals surface area contributed by atoms with Crippen LogP contribution in [0.4, 0.5) is 11.4 Å². The number of hydrogen-bond donors (Lipinski definition) is 1. The van der Waals surface area contributed by atoms with Crippen molar-refractivity contribution in [3.05, 3.63) is 103 Å². The average Bonchev–Trinajstić information content (AvgIpc) is 3.29. The number of amides is 1. The van der Waals surface area contributed by atoms with Crippen molar-refractivity contribution in [2.24, 2.45) is 0 Å². The predicted molar refractivity (Wildman–Crippen MR) is 137 cm³/mol. The number of nitrogens with zero attached hydrogens (tertiary/aromatic N) is 3. The molecule has 3 aromatic carbocycles. The molecule has 0 atom stereocenters. The van der Waals surface area contributed by atoms with E-state index in [1.807, 2.05) is 0 Å². The first kappa shape index (κ1) is 25.6. The lowest BCUT2D eigenvalue weighted by atomic mass is 10.2. The van der Waals surface area contributed by atoms with Crippen LogP contribution in [0.3, 0.4) is 0 Å². The third kappa shape index (κ3) is 6.38. The van der Waals surface area contributed by atoms with Gasteiger partial charge in [0.1, 0.15) is 17.2 Å². The van der Waals surface area contributed by atoms with Crippen LogP contribution < -0.4 is 14.8 Å². The molecule has 0 bridgehead atoms. The largest absolute Gasteiger partial charge is 0.470 e. The highest BCUT2D eigenvalue weighted by Crippen LogP contribution is 2.35. The van der Waals surface area contributed by atoms with Gasteiger partial charge >= 0.3 is 0 Å². The normalized spacial score (nSPS) is 10.7. The number of hydrogen-bond acceptors (Lipinski definition) is 6. The van der Waals surface area contributed by atoms with Crippen molar-refractivity contribution in [2.75, 3.05) is 5.32 Å². The number of anilines is 1. The Labute approximate surface area is 224 Å². The molecule has 36 heavy (non-hydrogen) atoms. The lowest BCUT2D eigenvalue weighted by molar-refractivity contribution is -0.384. The van der Waals surface area contributed by atoms with Crippen LogP contribution >= 0.6 is 46.4 Å². The minimum atomic E-state index is -0.611. The molecule has 0 aliphatic carbocycles. The zero-order chi connectivity index (χ0) is 25.8. The highest BCUT2D eigenvalue weighted by atomic mass is 35.5. The van der Waals surface area contributed by atoms with Crippen molar-refractivity contribution in [2.45, 2.75) is 6.73 Å². The summed E-state index contributed by atoms with van der Waals surface area (Å²) < 4.78 is 12.6. The summed E-state index contributed by atoms with van der Waals surface area (Å²) in [7, 11) is 0. The molecule has 0 aliphatic rings. The van der Waals surface area contributed by atoms with Crippen LogP contribution in [0.15, 0.2) is 66.9 Å². The summed E-state index contributed by atoms with van der Waals surface area (Å²) in [6.45, 7) is -0.0225. The zero-order valence-electron chi connectivity index (χ0n) is 18.0. The Bertz CT molecular complexity index is 1460. The second kappa shape index (κ2) is 11.0. The van der Waals surface area contributed by atoms with E-state index in [1.54, 1.807) is 18.2 Å². The molecular formula is C23H14Cl4N4O5. The molecule has 1 aromatic heterocycles. The van der Waals surface area contributed by atoms with Crippen LogP contribution in [0.5, 0.6) is 17.2 Å². The number of rotatable bonds is 8. The molecule has 0 spiro atoms. The molecule has 1 heterocycles. The van der Waals surface area contributed by atoms with Gasteiger partial charge in [0.15, 0.2) is 12.4 Å². The maximum absolute atomic E-state index is 12.7. The number of ether oxygens (including phenoxy) is 2. The fourth-order valence-electron chi connectivity index (χ4n) is 2.98. The summed E-state index contributed by atoms with van der Waals surface area (Å²) in [4.78, 5) is 23.5. The molecule has 0 saturated heterocycles. The first-order valence-electron chi connectivity index (χ1n) is 10.0. The van der Waals surface area contributed by atoms with Gasteiger partial charge < -0.3 is 14.8 Å². The Morgan fingerprint density at radius 1 is 0.944 bits per heavy atom. The molecule has 9 nitrogen and oxygen atoms in total. The Morgan fingerprint density at radius 2 is 1.61 bits per heavy atom. The summed E-state index contributed by atoms with van der Waals surface area (Å²) in [5.74, 6) is 0.114. The second-order valence-corrected chi connectivity index (χ2v) is 8.88. The van der Waals surface area contributed by atoms with Crippen LogP contribution in [-0.4, -0.2) is 20.6 Å². The maximum atomic E-state index is 12.7. The molecule has 1 amide bonds. The second-order valence-electron chi connectivity index (χ2n) is 7.19. The molecule has 184 valence electrons. The number of benzene rings is 3. The van der Waals surface area contributed by atoms with E-state index in [-0.39, 0.29) is 40.3 Å². The van der Waals surface area contributed by atoms with Crippen LogP contribution in [0.1, 0.15) is 10.5 Å². The van der Waals surface area contributed by atoms with E-state index in [9.17, 15) is 14.9 Å². The Morgan fingerprint density at radius 3 is 2.25 bits per heavy atom. The third-order valence-electron chi connectivity index (χ3n) is 4.60. The first-order valence-corrected chi connectivity index (χ1v) is 11.5. The third-order valence-corrected chi connectivity index (χ3v) is 5.66. The van der Waals surface area contributed by atoms with Crippen molar-refractivity contribution in [1.29, 1.82) is 0 Å². The van der Waals surface area contributed by atoms with E-state index >= 15 is 0 Å². The number of halogens is 4. The Kier molecular flexibility index (Phi) is 7.85. The summed E-state index contributed by atoms with van der Waals surface area (Å²) in [5, 5.41) is 19.6. The molecular weight excluding hydrogens is 554 g/mol. The summed E-state index contributed by atoms with van der Waals surface area (Å²) >= 11 is 24.0. The molecule has 4 aromatic rings. The quantitative estimate of drug-likeness (QED) is 0.174. The van der Waals surface area contributed by atoms with E-state index < -0.39 is 10.8 Å². The predicted octanol–water partition coefficient (Wildman–Crippen LogP) is 7.49. The molecule has 0 unspecified atom stereocenters. The highest BCUT2D eigenvalue weighted by Gasteiger charge is 2.16. The minimum absolute atomic E-state index is 0.0225. The van der Waals surface area contributed by atoms with Gasteiger partial charge in [-0.25, -0.2) is 4.68 Å². The van der Waals surface area contributed by atoms with Crippen molar-refractivity contribution in [3.63, 3.8) is 0 Å². The fraction of sp³-hybridized carbons (Fsp3) is 0.0435. The standard InChI is InChI=1S/C23H14Cl4N4O5/c24-13-1-3-21(18(26)7-13)35-12-30-6-5-20(29-30)23(32)28-15-9-16(31(33)34)11-17(10-15)36-22-4-2-14(25)8-19(22)27/h1-11H,12H2,(H,28,32). The number of nitro benzene ring substituents is 1. The lowest BCUT2D eigenvalue weighted by Crippen LogP contribution is -2.14. The van der Waals surface area contributed by atoms with E-state index in [0.717, 1.165) is 0 Å². The van der Waals surface area contributed by atoms with Crippen molar-refractivity contribution < 1.29 is 19.2 Å². The number of carbonyl (C=O) groups is 1. The lowest BCUT2D eigenvalue weighted by Gasteiger charge is -2.10. The number of nitro groups is 1. The number of nitrogens with one attached hydrogen (secondary N) is 1. The van der Waals surface area contributed by atoms with Crippen LogP contribution in [0, 0.1) is 10.1 Å². The number of non-ortho nitro benzene ring substituents is 1. The SMILES string of the molecule is O=C(Nc1cc(Oc2ccc(Cl)cc2Cl)cc([N+](=O)[O-])c1)c1ccn(COc2ccc(Cl)cc2Cl)n1. The van der Waals surface area contributed by atoms with E-state index in [0.29, 0.717) is 20.8 Å². The van der Waals surface area contributed by atoms with Crippen molar-refractivity contribution in [3.8, 4) is 17.2 Å². The average molecular weight is 568 g/mol. The van der Waals surface area contributed by atoms with Crippen LogP contribution in [-0.2, 0) is 6.73 Å². The van der Waals surface area contributed by atoms with Gasteiger partial charge in [-0.1, -0.05) is 46.4 Å². The number of aromatic nitrogens is 2. The summed E-state index contributed by atoms with van der Waals surface area (Å²) in [6.07, 6.45) is 1.53. The Balaban J connectivity index is 1.48. The molecule has 13 heteroatoms. The van der Waals surface area contributed by atoms with Crippen LogP contribution in [0.25, 0.3) is 0 Å². The van der Waals surface area contributed by atoms with Gasteiger partial charge in [0, 0.05) is 28.4 Å². The summed E-state index contributed by atoms with van der Waals surface area (Å²) in [6, 6.07) is 14.6. The van der Waals surface area contributed by atoms with Gasteiger partial charge in [-0.15, -0.1) is 0 Å². The maximum Gasteiger partial charge on any atom is 0.276 e. The molecule has 0 aliphatic heterocycles. The first-order chi connectivity index (χ1) is 17.2. The molecule has 0 radical (unpaired) electrons. The van der Waals surface area contributed by atoms with Crippen molar-refractivity contribution >= 4 is 63.7 Å². The van der Waals surface area contributed by atoms with E-state index in [1.165, 1.54) is 53.3 Å². The van der Waals surface area contributed by atoms with Gasteiger partial charge in [-0.3, -0.25) is 14.9 Å². The van der Waals surface area contributed by atoms with Crippen molar-refractivity contribution in [1.82, 2.24) is 9.78 Å². The zero-order valence-corrected chi connectivity index (χ0v) is 21.0. The molecule has 0 fully saturated rings. The minimum Gasteiger partial charge on any atom is -0.470 e. The fourth-order valence-corrected chi connectivity index (χ4v) is 3.89. The van der Waals surface area contributed by atoms with Crippen LogP contribution in [0.2, 0.25) is 20.1 Å². The number of carbonyl (C=O) groups excluding carboxylic acids is 1. The van der Waals surface area contributed by atoms with E-state index in [4.69, 9.17) is 55.9 Å². The van der Waals surface area contributed by atoms with Gasteiger partial charge in [0.05, 0.1) is 26.7 Å². The van der Waals surface area contributed by atoms with Gasteiger partial charge in [0.25, 0.3) is 11.6 Å². The topological polar surface area (TPSA) is 109 Å². The Hall–Kier alpha value is -3.50. The van der Waals surface area contributed by atoms with Gasteiger partial charge in [-0.05, 0) is 42.5 Å². The monoisotopic (exact) mass is 566 g/mol. The van der Waals surface area contributed by atoms with Gasteiger partial charge in [-0.2, -0.15) is 5.10 Å². The smallest absolute Gasteiger partial charge is 0.276 e. The molecule has 1 N–H and O–H groups in total. The van der Waals surface area contributed by atoms with E-state index in [2.05, 4.69) is 10.4 Å². The van der Waals surface area contributed by atoms with Gasteiger partial charge in [0.2, 0.25) is 0 Å². The molecule has 0 saturated carbocycles.